The van der Waals surface area contributed by atoms with Crippen molar-refractivity contribution in [3.05, 3.63) is 46.3 Å². The number of nitrogens with zero attached hydrogens (tertiary/aromatic N) is 2. The topological polar surface area (TPSA) is 76.4 Å². The minimum Gasteiger partial charge on any atom is -0.507 e. The predicted octanol–water partition coefficient (Wildman–Crippen LogP) is 2.06. The summed E-state index contributed by atoms with van der Waals surface area (Å²) in [6.45, 7) is 4.84. The molecule has 2 rings (SSSR count). The Labute approximate surface area is 138 Å². The van der Waals surface area contributed by atoms with Crippen molar-refractivity contribution < 1.29 is 23.4 Å². The first-order chi connectivity index (χ1) is 11.3. The number of benzene rings is 1. The highest BCUT2D eigenvalue weighted by molar-refractivity contribution is 5.97. The highest BCUT2D eigenvalue weighted by atomic mass is 19.1. The van der Waals surface area contributed by atoms with E-state index in [4.69, 9.17) is 4.74 Å². The first-order valence-electron chi connectivity index (χ1n) is 7.33. The molecule has 0 unspecified atom stereocenters. The van der Waals surface area contributed by atoms with Crippen LogP contribution < -0.4 is 5.32 Å². The van der Waals surface area contributed by atoms with Crippen LogP contribution in [-0.2, 0) is 17.8 Å². The Morgan fingerprint density at radius 2 is 2.08 bits per heavy atom. The maximum Gasteiger partial charge on any atom is 0.258 e. The molecule has 0 spiro atoms. The average molecular weight is 339 g/mol. The number of nitrogens with one attached hydrogen (secondary N) is 1. The van der Waals surface area contributed by atoms with Crippen LogP contribution in [0.2, 0.25) is 0 Å². The number of aromatic nitrogens is 2. The number of carbonyl (C=O) groups excluding carboxylic acids is 1. The van der Waals surface area contributed by atoms with Gasteiger partial charge in [0, 0.05) is 37.0 Å². The summed E-state index contributed by atoms with van der Waals surface area (Å²) in [6, 6.07) is 1.24. The quantitative estimate of drug-likeness (QED) is 0.845. The summed E-state index contributed by atoms with van der Waals surface area (Å²) in [5.41, 5.74) is 1.79. The van der Waals surface area contributed by atoms with Gasteiger partial charge in [0.15, 0.2) is 0 Å². The number of phenols is 1. The van der Waals surface area contributed by atoms with Crippen LogP contribution in [0.4, 0.5) is 8.78 Å². The normalized spacial score (nSPS) is 10.9. The number of aryl methyl sites for hydroxylation is 1. The molecule has 130 valence electrons. The molecule has 0 fully saturated rings. The number of rotatable bonds is 6. The maximum atomic E-state index is 13.7. The van der Waals surface area contributed by atoms with Gasteiger partial charge in [0.05, 0.1) is 18.8 Å². The summed E-state index contributed by atoms with van der Waals surface area (Å²) in [5.74, 6) is -3.63. The third-order valence-corrected chi connectivity index (χ3v) is 3.73. The summed E-state index contributed by atoms with van der Waals surface area (Å²) in [5, 5.41) is 16.5. The van der Waals surface area contributed by atoms with Crippen LogP contribution in [0.25, 0.3) is 0 Å². The van der Waals surface area contributed by atoms with Crippen LogP contribution in [0.15, 0.2) is 12.1 Å². The molecule has 1 aromatic heterocycles. The molecule has 0 aliphatic rings. The van der Waals surface area contributed by atoms with Crippen molar-refractivity contribution >= 4 is 5.91 Å². The third kappa shape index (κ3) is 3.70. The zero-order valence-electron chi connectivity index (χ0n) is 13.7. The lowest BCUT2D eigenvalue weighted by Crippen LogP contribution is -2.24. The largest absolute Gasteiger partial charge is 0.507 e. The van der Waals surface area contributed by atoms with Crippen LogP contribution >= 0.6 is 0 Å². The SMILES string of the molecule is COCCn1nc(C)c(CNC(=O)c2c(O)cc(F)cc2F)c1C. The number of amides is 1. The van der Waals surface area contributed by atoms with Gasteiger partial charge in [-0.25, -0.2) is 8.78 Å². The molecule has 0 radical (unpaired) electrons. The molecule has 1 heterocycles. The molecule has 2 N–H and O–H groups in total. The van der Waals surface area contributed by atoms with Crippen molar-refractivity contribution in [3.8, 4) is 5.75 Å². The molecule has 1 aromatic carbocycles. The van der Waals surface area contributed by atoms with Crippen molar-refractivity contribution in [2.75, 3.05) is 13.7 Å². The van der Waals surface area contributed by atoms with Crippen LogP contribution in [0, 0.1) is 25.5 Å². The molecule has 24 heavy (non-hydrogen) atoms. The lowest BCUT2D eigenvalue weighted by molar-refractivity contribution is 0.0943. The Morgan fingerprint density at radius 1 is 1.38 bits per heavy atom. The van der Waals surface area contributed by atoms with E-state index < -0.39 is 28.9 Å². The zero-order valence-corrected chi connectivity index (χ0v) is 13.7. The second-order valence-corrected chi connectivity index (χ2v) is 5.33. The molecule has 0 atom stereocenters. The van der Waals surface area contributed by atoms with E-state index in [9.17, 15) is 18.7 Å². The summed E-state index contributed by atoms with van der Waals surface area (Å²) in [7, 11) is 1.59. The minimum absolute atomic E-state index is 0.111. The maximum absolute atomic E-state index is 13.7. The van der Waals surface area contributed by atoms with Gasteiger partial charge in [-0.1, -0.05) is 0 Å². The Balaban J connectivity index is 2.14. The Kier molecular flexibility index (Phi) is 5.50. The van der Waals surface area contributed by atoms with Gasteiger partial charge < -0.3 is 15.2 Å². The summed E-state index contributed by atoms with van der Waals surface area (Å²) < 4.78 is 33.4. The minimum atomic E-state index is -1.12. The molecule has 6 nitrogen and oxygen atoms in total. The van der Waals surface area contributed by atoms with Crippen molar-refractivity contribution in [1.29, 1.82) is 0 Å². The smallest absolute Gasteiger partial charge is 0.258 e. The van der Waals surface area contributed by atoms with E-state index in [1.165, 1.54) is 0 Å². The number of ether oxygens (including phenoxy) is 1. The number of aromatic hydroxyl groups is 1. The molecule has 0 saturated carbocycles. The number of hydrogen-bond donors (Lipinski definition) is 2. The highest BCUT2D eigenvalue weighted by Crippen LogP contribution is 2.22. The number of methoxy groups -OCH3 is 1. The second-order valence-electron chi connectivity index (χ2n) is 5.33. The summed E-state index contributed by atoms with van der Waals surface area (Å²) >= 11 is 0. The van der Waals surface area contributed by atoms with E-state index in [1.807, 2.05) is 6.92 Å². The Morgan fingerprint density at radius 3 is 2.71 bits per heavy atom. The fourth-order valence-electron chi connectivity index (χ4n) is 2.43. The van der Waals surface area contributed by atoms with Gasteiger partial charge in [-0.05, 0) is 13.8 Å². The van der Waals surface area contributed by atoms with Gasteiger partial charge >= 0.3 is 0 Å². The van der Waals surface area contributed by atoms with E-state index in [-0.39, 0.29) is 6.54 Å². The van der Waals surface area contributed by atoms with Crippen LogP contribution in [-0.4, -0.2) is 34.5 Å². The van der Waals surface area contributed by atoms with Crippen LogP contribution in [0.5, 0.6) is 5.75 Å². The lowest BCUT2D eigenvalue weighted by atomic mass is 10.1. The fourth-order valence-corrected chi connectivity index (χ4v) is 2.43. The van der Waals surface area contributed by atoms with Gasteiger partial charge in [-0.15, -0.1) is 0 Å². The van der Waals surface area contributed by atoms with Crippen molar-refractivity contribution in [1.82, 2.24) is 15.1 Å². The van der Waals surface area contributed by atoms with Gasteiger partial charge in [0.2, 0.25) is 0 Å². The summed E-state index contributed by atoms with van der Waals surface area (Å²) in [6.07, 6.45) is 0. The van der Waals surface area contributed by atoms with Crippen molar-refractivity contribution in [2.24, 2.45) is 0 Å². The second kappa shape index (κ2) is 7.39. The van der Waals surface area contributed by atoms with E-state index in [2.05, 4.69) is 10.4 Å². The molecule has 2 aromatic rings. The average Bonchev–Trinajstić information content (AvgIpc) is 2.76. The van der Waals surface area contributed by atoms with Crippen LogP contribution in [0.3, 0.4) is 0 Å². The molecule has 0 bridgehead atoms. The van der Waals surface area contributed by atoms with E-state index in [0.717, 1.165) is 17.0 Å². The van der Waals surface area contributed by atoms with Crippen molar-refractivity contribution in [2.45, 2.75) is 26.9 Å². The molecular weight excluding hydrogens is 320 g/mol. The molecular formula is C16H19F2N3O3. The van der Waals surface area contributed by atoms with Gasteiger partial charge in [-0.2, -0.15) is 5.10 Å². The number of hydrogen-bond acceptors (Lipinski definition) is 4. The highest BCUT2D eigenvalue weighted by Gasteiger charge is 2.19. The fraction of sp³-hybridized carbons (Fsp3) is 0.375. The first kappa shape index (κ1) is 17.9. The number of halogens is 2. The van der Waals surface area contributed by atoms with Gasteiger partial charge in [0.1, 0.15) is 22.9 Å². The van der Waals surface area contributed by atoms with Crippen molar-refractivity contribution in [3.63, 3.8) is 0 Å². The van der Waals surface area contributed by atoms with Crippen LogP contribution in [0.1, 0.15) is 27.3 Å². The first-order valence-corrected chi connectivity index (χ1v) is 7.33. The summed E-state index contributed by atoms with van der Waals surface area (Å²) in [4.78, 5) is 12.1. The third-order valence-electron chi connectivity index (χ3n) is 3.73. The number of carbonyl (C=O) groups is 1. The Bertz CT molecular complexity index is 736. The molecule has 0 aliphatic carbocycles. The van der Waals surface area contributed by atoms with Gasteiger partial charge in [-0.3, -0.25) is 9.48 Å². The van der Waals surface area contributed by atoms with E-state index >= 15 is 0 Å². The predicted molar refractivity (Wildman–Crippen MR) is 82.8 cm³/mol. The molecule has 1 amide bonds. The number of phenolic OH excluding ortho intramolecular Hbond substituents is 1. The molecule has 8 heteroatoms. The Hall–Kier alpha value is -2.48. The van der Waals surface area contributed by atoms with Gasteiger partial charge in [0.25, 0.3) is 5.91 Å². The zero-order chi connectivity index (χ0) is 17.9. The standard InChI is InChI=1S/C16H19F2N3O3/c1-9-12(10(2)21(20-9)4-5-24-3)8-19-16(23)15-13(18)6-11(17)7-14(15)22/h6-7,22H,4-5,8H2,1-3H3,(H,19,23). The monoisotopic (exact) mass is 339 g/mol. The molecule has 0 saturated heterocycles. The van der Waals surface area contributed by atoms with E-state index in [0.29, 0.717) is 25.3 Å². The van der Waals surface area contributed by atoms with E-state index in [1.54, 1.807) is 18.7 Å². The molecule has 0 aliphatic heterocycles. The lowest BCUT2D eigenvalue weighted by Gasteiger charge is -2.09.